The number of halogens is 1. The average molecular weight is 428 g/mol. The Labute approximate surface area is 175 Å². The third-order valence-corrected chi connectivity index (χ3v) is 5.73. The summed E-state index contributed by atoms with van der Waals surface area (Å²) in [5.41, 5.74) is 1.03. The van der Waals surface area contributed by atoms with Crippen LogP contribution in [0.15, 0.2) is 53.5 Å². The van der Waals surface area contributed by atoms with E-state index >= 15 is 0 Å². The fourth-order valence-corrected chi connectivity index (χ4v) is 4.16. The third-order valence-electron chi connectivity index (χ3n) is 4.51. The highest BCUT2D eigenvalue weighted by molar-refractivity contribution is 7.16. The van der Waals surface area contributed by atoms with Crippen LogP contribution in [0.3, 0.4) is 0 Å². The molecule has 0 aliphatic rings. The first-order valence-corrected chi connectivity index (χ1v) is 10.2. The number of hydrogen-bond acceptors (Lipinski definition) is 5. The molecule has 9 heteroatoms. The molecule has 1 N–H and O–H groups in total. The minimum atomic E-state index is -0.263. The monoisotopic (exact) mass is 427 g/mol. The molecule has 0 saturated heterocycles. The van der Waals surface area contributed by atoms with Gasteiger partial charge in [0.05, 0.1) is 22.8 Å². The van der Waals surface area contributed by atoms with Crippen LogP contribution in [0.2, 0.25) is 4.34 Å². The van der Waals surface area contributed by atoms with Crippen LogP contribution in [-0.4, -0.2) is 37.6 Å². The third kappa shape index (κ3) is 4.23. The van der Waals surface area contributed by atoms with Crippen molar-refractivity contribution in [2.75, 3.05) is 7.05 Å². The lowest BCUT2D eigenvalue weighted by atomic mass is 10.2. The number of rotatable bonds is 6. The summed E-state index contributed by atoms with van der Waals surface area (Å²) in [4.78, 5) is 34.9. The van der Waals surface area contributed by atoms with Crippen molar-refractivity contribution in [1.82, 2.24) is 24.6 Å². The van der Waals surface area contributed by atoms with E-state index in [-0.39, 0.29) is 17.9 Å². The van der Waals surface area contributed by atoms with E-state index in [0.29, 0.717) is 34.2 Å². The fraction of sp³-hybridized carbons (Fsp3) is 0.200. The van der Waals surface area contributed by atoms with Gasteiger partial charge in [-0.2, -0.15) is 5.10 Å². The Kier molecular flexibility index (Phi) is 5.46. The second kappa shape index (κ2) is 8.18. The molecule has 0 radical (unpaired) electrons. The van der Waals surface area contributed by atoms with Crippen molar-refractivity contribution < 1.29 is 4.79 Å². The normalized spacial score (nSPS) is 11.1. The molecule has 1 aromatic carbocycles. The van der Waals surface area contributed by atoms with Crippen LogP contribution in [0.25, 0.3) is 16.7 Å². The summed E-state index contributed by atoms with van der Waals surface area (Å²) in [5, 5.41) is 4.70. The lowest BCUT2D eigenvalue weighted by molar-refractivity contribution is -0.130. The van der Waals surface area contributed by atoms with Gasteiger partial charge in [-0.3, -0.25) is 9.59 Å². The summed E-state index contributed by atoms with van der Waals surface area (Å²) in [6.07, 6.45) is 2.08. The van der Waals surface area contributed by atoms with Crippen LogP contribution in [0.1, 0.15) is 17.1 Å². The molecule has 0 unspecified atom stereocenters. The highest BCUT2D eigenvalue weighted by Crippen LogP contribution is 2.22. The number of aromatic amines is 1. The number of para-hydroxylation sites is 1. The number of hydrogen-bond donors (Lipinski definition) is 1. The summed E-state index contributed by atoms with van der Waals surface area (Å²) < 4.78 is 2.33. The van der Waals surface area contributed by atoms with Crippen molar-refractivity contribution >= 4 is 39.9 Å². The van der Waals surface area contributed by atoms with Crippen molar-refractivity contribution in [1.29, 1.82) is 0 Å². The number of carbonyl (C=O) groups excluding carboxylic acids is 1. The van der Waals surface area contributed by atoms with Crippen molar-refractivity contribution in [3.63, 3.8) is 0 Å². The largest absolute Gasteiger partial charge is 0.341 e. The highest BCUT2D eigenvalue weighted by Gasteiger charge is 2.14. The van der Waals surface area contributed by atoms with Gasteiger partial charge in [0.15, 0.2) is 5.65 Å². The summed E-state index contributed by atoms with van der Waals surface area (Å²) >= 11 is 7.39. The summed E-state index contributed by atoms with van der Waals surface area (Å²) in [6.45, 7) is 0.500. The lowest BCUT2D eigenvalue weighted by Gasteiger charge is -2.16. The second-order valence-corrected chi connectivity index (χ2v) is 8.40. The highest BCUT2D eigenvalue weighted by atomic mass is 35.5. The van der Waals surface area contributed by atoms with E-state index in [0.717, 1.165) is 10.6 Å². The van der Waals surface area contributed by atoms with Gasteiger partial charge in [-0.05, 0) is 24.3 Å². The van der Waals surface area contributed by atoms with E-state index in [4.69, 9.17) is 11.6 Å². The zero-order valence-electron chi connectivity index (χ0n) is 15.6. The fourth-order valence-electron chi connectivity index (χ4n) is 3.02. The summed E-state index contributed by atoms with van der Waals surface area (Å²) in [7, 11) is 1.75. The molecule has 0 fully saturated rings. The van der Waals surface area contributed by atoms with Gasteiger partial charge in [-0.25, -0.2) is 9.67 Å². The standard InChI is InChI=1S/C20H18ClN5O2S/c1-25(12-14-7-8-16(21)29-14)18(27)10-9-17-23-19-15(20(28)24-17)11-22-26(19)13-5-3-2-4-6-13/h2-8,11H,9-10,12H2,1H3,(H,23,24,28). The first-order chi connectivity index (χ1) is 14.0. The van der Waals surface area contributed by atoms with E-state index in [1.807, 2.05) is 42.5 Å². The smallest absolute Gasteiger partial charge is 0.262 e. The van der Waals surface area contributed by atoms with Gasteiger partial charge in [0.1, 0.15) is 11.2 Å². The topological polar surface area (TPSA) is 83.9 Å². The number of amides is 1. The molecule has 0 aliphatic carbocycles. The van der Waals surface area contributed by atoms with E-state index in [9.17, 15) is 9.59 Å². The Morgan fingerprint density at radius 1 is 1.24 bits per heavy atom. The Balaban J connectivity index is 1.51. The Bertz CT molecular complexity index is 1210. The van der Waals surface area contributed by atoms with Gasteiger partial charge >= 0.3 is 0 Å². The number of thiophene rings is 1. The van der Waals surface area contributed by atoms with Gasteiger partial charge in [-0.15, -0.1) is 11.3 Å². The molecular formula is C20H18ClN5O2S. The summed E-state index contributed by atoms with van der Waals surface area (Å²) in [5.74, 6) is 0.426. The quantitative estimate of drug-likeness (QED) is 0.511. The number of fused-ring (bicyclic) bond motifs is 1. The number of benzene rings is 1. The van der Waals surface area contributed by atoms with E-state index < -0.39 is 0 Å². The van der Waals surface area contributed by atoms with Gasteiger partial charge in [-0.1, -0.05) is 29.8 Å². The molecule has 4 rings (SSSR count). The van der Waals surface area contributed by atoms with Crippen molar-refractivity contribution in [2.45, 2.75) is 19.4 Å². The van der Waals surface area contributed by atoms with Crippen molar-refractivity contribution in [2.24, 2.45) is 0 Å². The van der Waals surface area contributed by atoms with Crippen LogP contribution in [0.4, 0.5) is 0 Å². The van der Waals surface area contributed by atoms with Crippen LogP contribution >= 0.6 is 22.9 Å². The molecule has 0 atom stereocenters. The minimum Gasteiger partial charge on any atom is -0.341 e. The van der Waals surface area contributed by atoms with Crippen LogP contribution in [0, 0.1) is 0 Å². The molecule has 0 spiro atoms. The molecule has 3 aromatic heterocycles. The Hall–Kier alpha value is -2.97. The Morgan fingerprint density at radius 2 is 2.03 bits per heavy atom. The average Bonchev–Trinajstić information content (AvgIpc) is 3.33. The van der Waals surface area contributed by atoms with E-state index in [1.54, 1.807) is 16.6 Å². The second-order valence-electron chi connectivity index (χ2n) is 6.60. The molecule has 0 bridgehead atoms. The zero-order chi connectivity index (χ0) is 20.4. The van der Waals surface area contributed by atoms with Crippen LogP contribution < -0.4 is 5.56 Å². The maximum absolute atomic E-state index is 12.5. The molecule has 148 valence electrons. The summed E-state index contributed by atoms with van der Waals surface area (Å²) in [6, 6.07) is 13.2. The first kappa shape index (κ1) is 19.4. The van der Waals surface area contributed by atoms with Crippen LogP contribution in [0.5, 0.6) is 0 Å². The number of carbonyl (C=O) groups is 1. The number of aryl methyl sites for hydroxylation is 1. The number of H-pyrrole nitrogens is 1. The van der Waals surface area contributed by atoms with Crippen molar-refractivity contribution in [3.8, 4) is 5.69 Å². The number of nitrogens with zero attached hydrogens (tertiary/aromatic N) is 4. The van der Waals surface area contributed by atoms with Gasteiger partial charge in [0, 0.05) is 24.8 Å². The van der Waals surface area contributed by atoms with E-state index in [2.05, 4.69) is 15.1 Å². The SMILES string of the molecule is CN(Cc1ccc(Cl)s1)C(=O)CCc1nc2c(cnn2-c2ccccc2)c(=O)[nH]1. The Morgan fingerprint density at radius 3 is 2.76 bits per heavy atom. The predicted molar refractivity (Wildman–Crippen MR) is 114 cm³/mol. The minimum absolute atomic E-state index is 0.0335. The van der Waals surface area contributed by atoms with Crippen molar-refractivity contribution in [3.05, 3.63) is 74.1 Å². The maximum Gasteiger partial charge on any atom is 0.262 e. The van der Waals surface area contributed by atoms with Gasteiger partial charge in [0.25, 0.3) is 5.56 Å². The molecule has 29 heavy (non-hydrogen) atoms. The molecule has 4 aromatic rings. The first-order valence-electron chi connectivity index (χ1n) is 9.02. The maximum atomic E-state index is 12.5. The molecule has 7 nitrogen and oxygen atoms in total. The van der Waals surface area contributed by atoms with Gasteiger partial charge < -0.3 is 9.88 Å². The zero-order valence-corrected chi connectivity index (χ0v) is 17.2. The number of nitrogens with one attached hydrogen (secondary N) is 1. The van der Waals surface area contributed by atoms with E-state index in [1.165, 1.54) is 17.5 Å². The number of aromatic nitrogens is 4. The molecule has 1 amide bonds. The molecular weight excluding hydrogens is 410 g/mol. The predicted octanol–water partition coefficient (Wildman–Crippen LogP) is 3.41. The molecule has 0 saturated carbocycles. The lowest BCUT2D eigenvalue weighted by Crippen LogP contribution is -2.26. The van der Waals surface area contributed by atoms with Crippen LogP contribution in [-0.2, 0) is 17.8 Å². The molecule has 3 heterocycles. The molecule has 0 aliphatic heterocycles. The van der Waals surface area contributed by atoms with Gasteiger partial charge in [0.2, 0.25) is 5.91 Å².